The molecule has 0 amide bonds. The van der Waals surface area contributed by atoms with E-state index in [1.807, 2.05) is 26.0 Å². The van der Waals surface area contributed by atoms with Crippen molar-refractivity contribution >= 4 is 22.5 Å². The number of nitrogens with zero attached hydrogens (tertiary/aromatic N) is 2. The Balaban J connectivity index is 2.36. The normalized spacial score (nSPS) is 11.1. The number of fused-ring (bicyclic) bond motifs is 1. The summed E-state index contributed by atoms with van der Waals surface area (Å²) in [5.41, 5.74) is 2.24. The second kappa shape index (κ2) is 5.04. The van der Waals surface area contributed by atoms with Crippen LogP contribution in [0.3, 0.4) is 0 Å². The second-order valence-corrected chi connectivity index (χ2v) is 5.27. The van der Waals surface area contributed by atoms with E-state index in [4.69, 9.17) is 11.6 Å². The van der Waals surface area contributed by atoms with Crippen LogP contribution in [-0.4, -0.2) is 9.97 Å². The maximum atomic E-state index is 13.9. The summed E-state index contributed by atoms with van der Waals surface area (Å²) in [6, 6.07) is 7.43. The fraction of sp³-hybridized carbons (Fsp3) is 0.125. The molecule has 0 aliphatic rings. The minimum absolute atomic E-state index is 0.0462. The molecule has 0 aliphatic heterocycles. The Labute approximate surface area is 125 Å². The summed E-state index contributed by atoms with van der Waals surface area (Å²) >= 11 is 6.16. The molecule has 2 nitrogen and oxygen atoms in total. The Morgan fingerprint density at radius 2 is 1.67 bits per heavy atom. The van der Waals surface area contributed by atoms with Crippen molar-refractivity contribution in [3.05, 3.63) is 58.2 Å². The van der Waals surface area contributed by atoms with Crippen molar-refractivity contribution in [2.75, 3.05) is 0 Å². The van der Waals surface area contributed by atoms with Crippen LogP contribution >= 0.6 is 11.6 Å². The van der Waals surface area contributed by atoms with Crippen molar-refractivity contribution in [1.82, 2.24) is 9.97 Å². The number of benzene rings is 2. The predicted octanol–water partition coefficient (Wildman–Crippen LogP) is 4.85. The average molecular weight is 305 g/mol. The van der Waals surface area contributed by atoms with E-state index >= 15 is 0 Å². The molecule has 3 aromatic rings. The molecule has 0 saturated heterocycles. The van der Waals surface area contributed by atoms with Crippen LogP contribution in [-0.2, 0) is 0 Å². The molecule has 5 heteroatoms. The molecule has 0 aliphatic carbocycles. The molecule has 2 aromatic carbocycles. The highest BCUT2D eigenvalue weighted by molar-refractivity contribution is 6.34. The molecular weight excluding hydrogens is 294 g/mol. The van der Waals surface area contributed by atoms with E-state index in [-0.39, 0.29) is 16.5 Å². The van der Waals surface area contributed by atoms with Gasteiger partial charge in [0, 0.05) is 5.39 Å². The SMILES string of the molecule is Cc1cc(C)c2nc(-c3c(F)cccc3F)nc(Cl)c2c1. The summed E-state index contributed by atoms with van der Waals surface area (Å²) in [5, 5.41) is 0.860. The summed E-state index contributed by atoms with van der Waals surface area (Å²) in [6.45, 7) is 3.81. The standard InChI is InChI=1S/C16H11ClF2N2/c1-8-6-9(2)14-10(7-8)15(17)21-16(20-14)13-11(18)4-3-5-12(13)19/h3-7H,1-2H3. The highest BCUT2D eigenvalue weighted by Crippen LogP contribution is 2.30. The highest BCUT2D eigenvalue weighted by Gasteiger charge is 2.17. The Morgan fingerprint density at radius 1 is 1.00 bits per heavy atom. The maximum Gasteiger partial charge on any atom is 0.167 e. The number of halogens is 3. The first-order valence-corrected chi connectivity index (χ1v) is 6.74. The van der Waals surface area contributed by atoms with Gasteiger partial charge in [0.1, 0.15) is 16.8 Å². The van der Waals surface area contributed by atoms with Gasteiger partial charge < -0.3 is 0 Å². The van der Waals surface area contributed by atoms with E-state index in [1.165, 1.54) is 18.2 Å². The van der Waals surface area contributed by atoms with Crippen LogP contribution in [0.2, 0.25) is 5.15 Å². The molecular formula is C16H11ClF2N2. The van der Waals surface area contributed by atoms with Gasteiger partial charge in [-0.1, -0.05) is 29.3 Å². The molecule has 0 bridgehead atoms. The lowest BCUT2D eigenvalue weighted by Gasteiger charge is -2.09. The van der Waals surface area contributed by atoms with Crippen LogP contribution in [0.5, 0.6) is 0 Å². The second-order valence-electron chi connectivity index (χ2n) is 4.91. The van der Waals surface area contributed by atoms with Crippen molar-refractivity contribution in [2.24, 2.45) is 0 Å². The first kappa shape index (κ1) is 13.9. The molecule has 0 N–H and O–H groups in total. The quantitative estimate of drug-likeness (QED) is 0.601. The molecule has 1 heterocycles. The van der Waals surface area contributed by atoms with Gasteiger partial charge in [0.25, 0.3) is 0 Å². The lowest BCUT2D eigenvalue weighted by atomic mass is 10.1. The molecule has 0 saturated carbocycles. The van der Waals surface area contributed by atoms with Crippen molar-refractivity contribution in [2.45, 2.75) is 13.8 Å². The third kappa shape index (κ3) is 2.36. The molecule has 0 unspecified atom stereocenters. The number of rotatable bonds is 1. The smallest absolute Gasteiger partial charge is 0.167 e. The van der Waals surface area contributed by atoms with Gasteiger partial charge in [0.15, 0.2) is 5.82 Å². The van der Waals surface area contributed by atoms with Gasteiger partial charge in [0.05, 0.1) is 11.1 Å². The highest BCUT2D eigenvalue weighted by atomic mass is 35.5. The lowest BCUT2D eigenvalue weighted by Crippen LogP contribution is -1.98. The summed E-state index contributed by atoms with van der Waals surface area (Å²) in [4.78, 5) is 8.34. The average Bonchev–Trinajstić information content (AvgIpc) is 2.40. The first-order chi connectivity index (χ1) is 9.97. The molecule has 0 fully saturated rings. The zero-order valence-corrected chi connectivity index (χ0v) is 12.2. The summed E-state index contributed by atoms with van der Waals surface area (Å²) in [5.74, 6) is -1.47. The van der Waals surface area contributed by atoms with Gasteiger partial charge in [-0.2, -0.15) is 0 Å². The van der Waals surface area contributed by atoms with Gasteiger partial charge in [0.2, 0.25) is 0 Å². The van der Waals surface area contributed by atoms with Crippen molar-refractivity contribution < 1.29 is 8.78 Å². The first-order valence-electron chi connectivity index (χ1n) is 6.36. The Bertz CT molecular complexity index is 842. The maximum absolute atomic E-state index is 13.9. The van der Waals surface area contributed by atoms with E-state index in [0.29, 0.717) is 10.9 Å². The van der Waals surface area contributed by atoms with Crippen molar-refractivity contribution in [3.8, 4) is 11.4 Å². The van der Waals surface area contributed by atoms with E-state index in [1.54, 1.807) is 0 Å². The molecule has 106 valence electrons. The minimum atomic E-state index is -0.713. The minimum Gasteiger partial charge on any atom is -0.227 e. The Hall–Kier alpha value is -2.07. The van der Waals surface area contributed by atoms with Crippen LogP contribution in [0.25, 0.3) is 22.3 Å². The molecule has 0 radical (unpaired) electrons. The third-order valence-corrected chi connectivity index (χ3v) is 3.56. The Morgan fingerprint density at radius 3 is 2.33 bits per heavy atom. The zero-order valence-electron chi connectivity index (χ0n) is 11.4. The predicted molar refractivity (Wildman–Crippen MR) is 79.4 cm³/mol. The van der Waals surface area contributed by atoms with E-state index < -0.39 is 11.6 Å². The van der Waals surface area contributed by atoms with Gasteiger partial charge in [-0.15, -0.1) is 0 Å². The third-order valence-electron chi connectivity index (χ3n) is 3.28. The topological polar surface area (TPSA) is 25.8 Å². The number of hydrogen-bond acceptors (Lipinski definition) is 2. The number of aryl methyl sites for hydroxylation is 2. The Kier molecular flexibility index (Phi) is 3.33. The van der Waals surface area contributed by atoms with Crippen LogP contribution in [0.4, 0.5) is 8.78 Å². The van der Waals surface area contributed by atoms with Crippen LogP contribution in [0, 0.1) is 25.5 Å². The molecule has 1 aromatic heterocycles. The zero-order chi connectivity index (χ0) is 15.1. The monoisotopic (exact) mass is 304 g/mol. The fourth-order valence-corrected chi connectivity index (χ4v) is 2.60. The summed E-state index contributed by atoms with van der Waals surface area (Å²) in [6.07, 6.45) is 0. The number of aromatic nitrogens is 2. The molecule has 0 atom stereocenters. The van der Waals surface area contributed by atoms with Crippen LogP contribution in [0.15, 0.2) is 30.3 Å². The van der Waals surface area contributed by atoms with E-state index in [9.17, 15) is 8.78 Å². The van der Waals surface area contributed by atoms with Gasteiger partial charge in [-0.05, 0) is 37.6 Å². The van der Waals surface area contributed by atoms with Crippen LogP contribution < -0.4 is 0 Å². The summed E-state index contributed by atoms with van der Waals surface area (Å²) < 4.78 is 27.7. The van der Waals surface area contributed by atoms with Gasteiger partial charge >= 0.3 is 0 Å². The fourth-order valence-electron chi connectivity index (χ4n) is 2.37. The van der Waals surface area contributed by atoms with Crippen LogP contribution in [0.1, 0.15) is 11.1 Å². The van der Waals surface area contributed by atoms with E-state index in [2.05, 4.69) is 9.97 Å². The van der Waals surface area contributed by atoms with Crippen molar-refractivity contribution in [1.29, 1.82) is 0 Å². The molecule has 3 rings (SSSR count). The molecule has 0 spiro atoms. The summed E-state index contributed by atoms with van der Waals surface area (Å²) in [7, 11) is 0. The van der Waals surface area contributed by atoms with Gasteiger partial charge in [-0.3, -0.25) is 0 Å². The largest absolute Gasteiger partial charge is 0.227 e. The van der Waals surface area contributed by atoms with E-state index in [0.717, 1.165) is 11.1 Å². The lowest BCUT2D eigenvalue weighted by molar-refractivity contribution is 0.587. The van der Waals surface area contributed by atoms with Crippen molar-refractivity contribution in [3.63, 3.8) is 0 Å². The number of hydrogen-bond donors (Lipinski definition) is 0. The molecule has 21 heavy (non-hydrogen) atoms. The van der Waals surface area contributed by atoms with Gasteiger partial charge in [-0.25, -0.2) is 18.7 Å².